The van der Waals surface area contributed by atoms with E-state index in [0.29, 0.717) is 27.4 Å². The fraction of sp³-hybridized carbons (Fsp3) is 0.571. The van der Waals surface area contributed by atoms with E-state index in [0.717, 1.165) is 30.5 Å². The highest BCUT2D eigenvalue weighted by Gasteiger charge is 2.42. The van der Waals surface area contributed by atoms with E-state index in [4.69, 9.17) is 27.3 Å². The number of halogens is 1. The van der Waals surface area contributed by atoms with Crippen LogP contribution in [-0.4, -0.2) is 33.1 Å². The Labute approximate surface area is 171 Å². The maximum absolute atomic E-state index is 9.98. The number of nitrogens with two attached hydrogens (primary N) is 1. The number of nitrogens with zero attached hydrogens (tertiary/aromatic N) is 4. The van der Waals surface area contributed by atoms with Gasteiger partial charge in [0.05, 0.1) is 23.0 Å². The van der Waals surface area contributed by atoms with Crippen LogP contribution >= 0.6 is 11.6 Å². The van der Waals surface area contributed by atoms with E-state index in [1.54, 1.807) is 12.3 Å². The van der Waals surface area contributed by atoms with Crippen LogP contribution in [0.3, 0.4) is 0 Å². The molecule has 2 aromatic rings. The Kier molecular flexibility index (Phi) is 5.19. The molecule has 0 radical (unpaired) electrons. The molecule has 0 aromatic carbocycles. The van der Waals surface area contributed by atoms with Gasteiger partial charge in [-0.05, 0) is 43.6 Å². The first-order chi connectivity index (χ1) is 13.4. The molecule has 1 aliphatic carbocycles. The van der Waals surface area contributed by atoms with E-state index in [1.807, 2.05) is 6.92 Å². The summed E-state index contributed by atoms with van der Waals surface area (Å²) in [5.74, 6) is 1.87. The fourth-order valence-corrected chi connectivity index (χ4v) is 5.22. The number of aromatic nitrogens is 3. The molecule has 3 heterocycles. The molecule has 2 aromatic heterocycles. The Hall–Kier alpha value is -1.92. The third kappa shape index (κ3) is 3.22. The highest BCUT2D eigenvalue weighted by Crippen LogP contribution is 2.50. The van der Waals surface area contributed by atoms with Crippen LogP contribution in [0.15, 0.2) is 12.3 Å². The van der Waals surface area contributed by atoms with Crippen molar-refractivity contribution in [3.05, 3.63) is 28.7 Å². The zero-order valence-corrected chi connectivity index (χ0v) is 17.3. The van der Waals surface area contributed by atoms with Gasteiger partial charge >= 0.3 is 0 Å². The van der Waals surface area contributed by atoms with E-state index in [2.05, 4.69) is 16.8 Å². The van der Waals surface area contributed by atoms with Crippen molar-refractivity contribution in [3.8, 4) is 11.3 Å². The maximum Gasteiger partial charge on any atom is 0.153 e. The van der Waals surface area contributed by atoms with E-state index < -0.39 is 0 Å². The minimum atomic E-state index is -0.161. The van der Waals surface area contributed by atoms with E-state index in [9.17, 15) is 5.11 Å². The van der Waals surface area contributed by atoms with Gasteiger partial charge in [0.2, 0.25) is 0 Å². The van der Waals surface area contributed by atoms with Crippen molar-refractivity contribution >= 4 is 23.2 Å². The zero-order chi connectivity index (χ0) is 19.9. The number of rotatable bonds is 3. The first-order valence-electron chi connectivity index (χ1n) is 10.1. The Morgan fingerprint density at radius 2 is 2.04 bits per heavy atom. The summed E-state index contributed by atoms with van der Waals surface area (Å²) in [5, 5.41) is 10.4. The first-order valence-corrected chi connectivity index (χ1v) is 10.5. The summed E-state index contributed by atoms with van der Waals surface area (Å²) < 4.78 is 0. The molecule has 0 amide bonds. The number of aliphatic hydroxyl groups excluding tert-OH is 1. The minimum Gasteiger partial charge on any atom is -0.390 e. The van der Waals surface area contributed by atoms with Crippen molar-refractivity contribution in [1.82, 2.24) is 15.0 Å². The summed E-state index contributed by atoms with van der Waals surface area (Å²) in [7, 11) is 0. The molecule has 0 bridgehead atoms. The second kappa shape index (κ2) is 7.48. The zero-order valence-electron chi connectivity index (χ0n) is 16.6. The SMILES string of the molecule is Cc1nc(N2CCC3(CCC[C@H]3C)CC2)c(CO)nc1-c1ccnc(N)c1Cl. The number of nitrogen functional groups attached to an aromatic ring is 1. The Bertz CT molecular complexity index is 879. The molecule has 1 atom stereocenters. The number of aryl methyl sites for hydroxylation is 1. The normalized spacial score (nSPS) is 21.4. The molecular weight excluding hydrogens is 374 g/mol. The molecule has 150 valence electrons. The lowest BCUT2D eigenvalue weighted by atomic mass is 9.71. The van der Waals surface area contributed by atoms with Crippen molar-refractivity contribution in [1.29, 1.82) is 0 Å². The monoisotopic (exact) mass is 401 g/mol. The lowest BCUT2D eigenvalue weighted by Gasteiger charge is -2.43. The summed E-state index contributed by atoms with van der Waals surface area (Å²) in [6, 6.07) is 1.78. The second-order valence-electron chi connectivity index (χ2n) is 8.29. The highest BCUT2D eigenvalue weighted by molar-refractivity contribution is 6.35. The lowest BCUT2D eigenvalue weighted by molar-refractivity contribution is 0.161. The molecule has 3 N–H and O–H groups in total. The number of piperidine rings is 1. The third-order valence-electron chi connectivity index (χ3n) is 6.86. The van der Waals surface area contributed by atoms with Crippen molar-refractivity contribution in [3.63, 3.8) is 0 Å². The van der Waals surface area contributed by atoms with Gasteiger partial charge in [-0.1, -0.05) is 31.4 Å². The topological polar surface area (TPSA) is 88.2 Å². The molecule has 1 aliphatic heterocycles. The van der Waals surface area contributed by atoms with Crippen molar-refractivity contribution in [2.24, 2.45) is 11.3 Å². The maximum atomic E-state index is 9.98. The quantitative estimate of drug-likeness (QED) is 0.808. The van der Waals surface area contributed by atoms with E-state index in [-0.39, 0.29) is 12.4 Å². The van der Waals surface area contributed by atoms with Crippen LogP contribution < -0.4 is 10.6 Å². The number of aliphatic hydroxyl groups is 1. The molecule has 0 unspecified atom stereocenters. The Balaban J connectivity index is 1.64. The predicted molar refractivity (Wildman–Crippen MR) is 112 cm³/mol. The minimum absolute atomic E-state index is 0.161. The number of pyridine rings is 1. The van der Waals surface area contributed by atoms with Crippen LogP contribution in [-0.2, 0) is 6.61 Å². The first kappa shape index (κ1) is 19.4. The van der Waals surface area contributed by atoms with Gasteiger partial charge in [0.1, 0.15) is 11.5 Å². The van der Waals surface area contributed by atoms with Crippen molar-refractivity contribution in [2.75, 3.05) is 23.7 Å². The van der Waals surface area contributed by atoms with Gasteiger partial charge in [-0.15, -0.1) is 0 Å². The fourth-order valence-electron chi connectivity index (χ4n) is 5.02. The molecule has 28 heavy (non-hydrogen) atoms. The second-order valence-corrected chi connectivity index (χ2v) is 8.66. The Morgan fingerprint density at radius 3 is 2.68 bits per heavy atom. The van der Waals surface area contributed by atoms with Crippen LogP contribution in [0.5, 0.6) is 0 Å². The summed E-state index contributed by atoms with van der Waals surface area (Å²) in [5.41, 5.74) is 9.04. The molecule has 1 spiro atoms. The summed E-state index contributed by atoms with van der Waals surface area (Å²) in [6.45, 7) is 6.10. The number of hydrogen-bond donors (Lipinski definition) is 2. The average molecular weight is 402 g/mol. The smallest absolute Gasteiger partial charge is 0.153 e. The van der Waals surface area contributed by atoms with Gasteiger partial charge in [0, 0.05) is 24.8 Å². The van der Waals surface area contributed by atoms with Gasteiger partial charge in [-0.3, -0.25) is 0 Å². The summed E-state index contributed by atoms with van der Waals surface area (Å²) in [4.78, 5) is 15.8. The van der Waals surface area contributed by atoms with Gasteiger partial charge < -0.3 is 15.7 Å². The Morgan fingerprint density at radius 1 is 1.29 bits per heavy atom. The van der Waals surface area contributed by atoms with Crippen molar-refractivity contribution in [2.45, 2.75) is 52.6 Å². The van der Waals surface area contributed by atoms with E-state index >= 15 is 0 Å². The van der Waals surface area contributed by atoms with Gasteiger partial charge in [-0.2, -0.15) is 0 Å². The average Bonchev–Trinajstić information content (AvgIpc) is 3.04. The molecule has 2 fully saturated rings. The van der Waals surface area contributed by atoms with Gasteiger partial charge in [-0.25, -0.2) is 15.0 Å². The molecule has 2 aliphatic rings. The molecule has 1 saturated heterocycles. The number of hydrogen-bond acceptors (Lipinski definition) is 6. The lowest BCUT2D eigenvalue weighted by Crippen LogP contribution is -2.42. The van der Waals surface area contributed by atoms with Gasteiger partial charge in [0.25, 0.3) is 0 Å². The van der Waals surface area contributed by atoms with Crippen LogP contribution in [0, 0.1) is 18.3 Å². The third-order valence-corrected chi connectivity index (χ3v) is 7.26. The van der Waals surface area contributed by atoms with Crippen LogP contribution in [0.25, 0.3) is 11.3 Å². The standard InChI is InChI=1S/C21H28ClN5O/c1-13-4-3-6-21(13)7-10-27(11-8-21)20-16(12-28)26-18(14(2)25-20)15-5-9-24-19(23)17(15)22/h5,9,13,28H,3-4,6-8,10-12H2,1-2H3,(H2,23,24)/t13-/m1/s1. The molecule has 1 saturated carbocycles. The molecule has 4 rings (SSSR count). The molecule has 6 nitrogen and oxygen atoms in total. The van der Waals surface area contributed by atoms with Crippen molar-refractivity contribution < 1.29 is 5.11 Å². The largest absolute Gasteiger partial charge is 0.390 e. The number of anilines is 2. The van der Waals surface area contributed by atoms with Crippen LogP contribution in [0.2, 0.25) is 5.02 Å². The van der Waals surface area contributed by atoms with Crippen LogP contribution in [0.4, 0.5) is 11.6 Å². The predicted octanol–water partition coefficient (Wildman–Crippen LogP) is 3.98. The van der Waals surface area contributed by atoms with Gasteiger partial charge in [0.15, 0.2) is 5.82 Å². The molecule has 7 heteroatoms. The van der Waals surface area contributed by atoms with E-state index in [1.165, 1.54) is 32.1 Å². The molecular formula is C21H28ClN5O. The van der Waals surface area contributed by atoms with Crippen LogP contribution in [0.1, 0.15) is 50.4 Å². The summed E-state index contributed by atoms with van der Waals surface area (Å²) >= 11 is 6.34. The highest BCUT2D eigenvalue weighted by atomic mass is 35.5. The summed E-state index contributed by atoms with van der Waals surface area (Å²) in [6.07, 6.45) is 8.04.